The highest BCUT2D eigenvalue weighted by atomic mass is 35.5. The third-order valence-corrected chi connectivity index (χ3v) is 5.08. The third-order valence-electron chi connectivity index (χ3n) is 4.83. The molecule has 2 unspecified atom stereocenters. The van der Waals surface area contributed by atoms with Gasteiger partial charge >= 0.3 is 0 Å². The monoisotopic (exact) mass is 372 g/mol. The van der Waals surface area contributed by atoms with E-state index in [-0.39, 0.29) is 11.9 Å². The summed E-state index contributed by atoms with van der Waals surface area (Å²) in [7, 11) is 0. The van der Waals surface area contributed by atoms with Gasteiger partial charge in [-0.25, -0.2) is 0 Å². The molecule has 0 aromatic heterocycles. The topological polar surface area (TPSA) is 41.6 Å². The van der Waals surface area contributed by atoms with E-state index >= 15 is 0 Å². The predicted molar refractivity (Wildman–Crippen MR) is 105 cm³/mol. The van der Waals surface area contributed by atoms with Crippen LogP contribution in [0.3, 0.4) is 0 Å². The molecule has 0 saturated carbocycles. The van der Waals surface area contributed by atoms with Gasteiger partial charge in [0.15, 0.2) is 0 Å². The molecule has 1 aliphatic heterocycles. The lowest BCUT2D eigenvalue weighted by molar-refractivity contribution is -0.122. The van der Waals surface area contributed by atoms with Gasteiger partial charge in [0.05, 0.1) is 13.0 Å². The van der Waals surface area contributed by atoms with Gasteiger partial charge in [-0.05, 0) is 43.2 Å². The Hall–Kier alpha value is -2.04. The van der Waals surface area contributed by atoms with Crippen LogP contribution in [0.4, 0.5) is 0 Å². The minimum absolute atomic E-state index is 0.0400. The van der Waals surface area contributed by atoms with Gasteiger partial charge in [0.25, 0.3) is 0 Å². The third kappa shape index (κ3) is 5.23. The quantitative estimate of drug-likeness (QED) is 0.796. The van der Waals surface area contributed by atoms with Crippen molar-refractivity contribution in [2.45, 2.75) is 31.8 Å². The zero-order valence-corrected chi connectivity index (χ0v) is 15.8. The largest absolute Gasteiger partial charge is 0.493 e. The molecule has 1 aliphatic rings. The maximum Gasteiger partial charge on any atom is 0.223 e. The number of hydrogen-bond donors (Lipinski definition) is 1. The van der Waals surface area contributed by atoms with Gasteiger partial charge in [0.2, 0.25) is 5.91 Å². The molecular weight excluding hydrogens is 348 g/mol. The number of halogens is 1. The average molecular weight is 373 g/mol. The predicted octanol–water partition coefficient (Wildman–Crippen LogP) is 4.06. The number of carbonyl (C=O) groups excluding carboxylic acids is 1. The lowest BCUT2D eigenvalue weighted by Crippen LogP contribution is -2.38. The van der Waals surface area contributed by atoms with Crippen LogP contribution in [0.5, 0.6) is 5.75 Å². The molecule has 2 aromatic rings. The van der Waals surface area contributed by atoms with E-state index in [4.69, 9.17) is 16.3 Å². The van der Waals surface area contributed by atoms with Crippen molar-refractivity contribution in [3.63, 3.8) is 0 Å². The van der Waals surface area contributed by atoms with Gasteiger partial charge < -0.3 is 10.1 Å². The maximum absolute atomic E-state index is 12.2. The number of carbonyl (C=O) groups is 1. The first-order chi connectivity index (χ1) is 12.6. The van der Waals surface area contributed by atoms with Crippen LogP contribution >= 0.6 is 11.6 Å². The minimum atomic E-state index is 0.0400. The Morgan fingerprint density at radius 1 is 1.23 bits per heavy atom. The van der Waals surface area contributed by atoms with Crippen LogP contribution in [0.2, 0.25) is 5.02 Å². The number of likely N-dealkylation sites (tertiary alicyclic amines) is 1. The minimum Gasteiger partial charge on any atom is -0.493 e. The Morgan fingerprint density at radius 2 is 1.96 bits per heavy atom. The maximum atomic E-state index is 12.2. The molecule has 1 amide bonds. The number of hydrogen-bond acceptors (Lipinski definition) is 3. The molecule has 1 saturated heterocycles. The zero-order chi connectivity index (χ0) is 18.4. The van der Waals surface area contributed by atoms with Crippen LogP contribution < -0.4 is 10.1 Å². The number of ether oxygens (including phenoxy) is 1. The molecule has 0 bridgehead atoms. The molecule has 0 radical (unpaired) electrons. The number of nitrogens with one attached hydrogen (secondary N) is 1. The zero-order valence-electron chi connectivity index (χ0n) is 15.0. The van der Waals surface area contributed by atoms with Crippen LogP contribution in [-0.4, -0.2) is 36.5 Å². The second-order valence-corrected chi connectivity index (χ2v) is 7.12. The molecule has 26 heavy (non-hydrogen) atoms. The van der Waals surface area contributed by atoms with Crippen LogP contribution in [0, 0.1) is 0 Å². The number of rotatable bonds is 7. The van der Waals surface area contributed by atoms with Crippen molar-refractivity contribution in [1.29, 1.82) is 0 Å². The molecule has 5 heteroatoms. The SMILES string of the molecule is CC(c1ccccc1)N1CCC(NC(=O)CCOc2ccc(Cl)cc2)C1. The van der Waals surface area contributed by atoms with Crippen molar-refractivity contribution in [3.8, 4) is 5.75 Å². The number of nitrogens with zero attached hydrogens (tertiary/aromatic N) is 1. The van der Waals surface area contributed by atoms with E-state index < -0.39 is 0 Å². The molecule has 0 aliphatic carbocycles. The normalized spacial score (nSPS) is 18.5. The van der Waals surface area contributed by atoms with Gasteiger partial charge in [-0.15, -0.1) is 0 Å². The first kappa shape index (κ1) is 18.7. The molecule has 1 fully saturated rings. The Morgan fingerprint density at radius 3 is 2.69 bits per heavy atom. The average Bonchev–Trinajstić information content (AvgIpc) is 3.12. The fourth-order valence-electron chi connectivity index (χ4n) is 3.29. The van der Waals surface area contributed by atoms with E-state index in [0.29, 0.717) is 24.1 Å². The first-order valence-electron chi connectivity index (χ1n) is 9.08. The van der Waals surface area contributed by atoms with Crippen molar-refractivity contribution < 1.29 is 9.53 Å². The van der Waals surface area contributed by atoms with Crippen molar-refractivity contribution in [1.82, 2.24) is 10.2 Å². The van der Waals surface area contributed by atoms with Crippen molar-refractivity contribution in [3.05, 3.63) is 65.2 Å². The number of benzene rings is 2. The smallest absolute Gasteiger partial charge is 0.223 e. The lowest BCUT2D eigenvalue weighted by Gasteiger charge is -2.24. The standard InChI is InChI=1S/C21H25ClN2O2/c1-16(17-5-3-2-4-6-17)24-13-11-19(15-24)23-21(25)12-14-26-20-9-7-18(22)8-10-20/h2-10,16,19H,11-15H2,1H3,(H,23,25). The van der Waals surface area contributed by atoms with Gasteiger partial charge in [0.1, 0.15) is 5.75 Å². The van der Waals surface area contributed by atoms with Crippen molar-refractivity contribution >= 4 is 17.5 Å². The second-order valence-electron chi connectivity index (χ2n) is 6.69. The molecule has 138 valence electrons. The van der Waals surface area contributed by atoms with E-state index in [1.165, 1.54) is 5.56 Å². The molecule has 1 heterocycles. The molecule has 4 nitrogen and oxygen atoms in total. The van der Waals surface area contributed by atoms with Gasteiger partial charge in [-0.3, -0.25) is 9.69 Å². The van der Waals surface area contributed by atoms with Gasteiger partial charge in [-0.2, -0.15) is 0 Å². The molecular formula is C21H25ClN2O2. The Kier molecular flexibility index (Phi) is 6.53. The molecule has 2 atom stereocenters. The summed E-state index contributed by atoms with van der Waals surface area (Å²) in [5.41, 5.74) is 1.32. The summed E-state index contributed by atoms with van der Waals surface area (Å²) in [4.78, 5) is 14.6. The molecule has 3 rings (SSSR count). The highest BCUT2D eigenvalue weighted by Gasteiger charge is 2.27. The van der Waals surface area contributed by atoms with Gasteiger partial charge in [0, 0.05) is 30.2 Å². The van der Waals surface area contributed by atoms with Crippen molar-refractivity contribution in [2.75, 3.05) is 19.7 Å². The summed E-state index contributed by atoms with van der Waals surface area (Å²) in [6, 6.07) is 18.2. The molecule has 2 aromatic carbocycles. The second kappa shape index (κ2) is 9.06. The Balaban J connectivity index is 1.39. The lowest BCUT2D eigenvalue weighted by atomic mass is 10.1. The molecule has 0 spiro atoms. The van der Waals surface area contributed by atoms with E-state index in [2.05, 4.69) is 41.4 Å². The summed E-state index contributed by atoms with van der Waals surface area (Å²) in [6.45, 7) is 4.48. The Labute approximate surface area is 160 Å². The van der Waals surface area contributed by atoms with E-state index in [9.17, 15) is 4.79 Å². The van der Waals surface area contributed by atoms with E-state index in [0.717, 1.165) is 25.3 Å². The fraction of sp³-hybridized carbons (Fsp3) is 0.381. The first-order valence-corrected chi connectivity index (χ1v) is 9.46. The summed E-state index contributed by atoms with van der Waals surface area (Å²) in [6.07, 6.45) is 1.34. The highest BCUT2D eigenvalue weighted by Crippen LogP contribution is 2.24. The molecule has 1 N–H and O–H groups in total. The number of amides is 1. The summed E-state index contributed by atoms with van der Waals surface area (Å²) < 4.78 is 5.58. The van der Waals surface area contributed by atoms with Crippen LogP contribution in [0.25, 0.3) is 0 Å². The summed E-state index contributed by atoms with van der Waals surface area (Å²) in [5.74, 6) is 0.768. The van der Waals surface area contributed by atoms with Crippen LogP contribution in [0.15, 0.2) is 54.6 Å². The summed E-state index contributed by atoms with van der Waals surface area (Å²) in [5, 5.41) is 3.80. The van der Waals surface area contributed by atoms with E-state index in [1.807, 2.05) is 6.07 Å². The van der Waals surface area contributed by atoms with E-state index in [1.54, 1.807) is 24.3 Å². The fourth-order valence-corrected chi connectivity index (χ4v) is 3.42. The summed E-state index contributed by atoms with van der Waals surface area (Å²) >= 11 is 5.84. The van der Waals surface area contributed by atoms with Crippen LogP contribution in [-0.2, 0) is 4.79 Å². The highest BCUT2D eigenvalue weighted by molar-refractivity contribution is 6.30. The van der Waals surface area contributed by atoms with Crippen molar-refractivity contribution in [2.24, 2.45) is 0 Å². The van der Waals surface area contributed by atoms with Gasteiger partial charge in [-0.1, -0.05) is 41.9 Å². The Bertz CT molecular complexity index is 706. The van der Waals surface area contributed by atoms with Crippen LogP contribution in [0.1, 0.15) is 31.4 Å².